The van der Waals surface area contributed by atoms with Crippen molar-refractivity contribution in [2.75, 3.05) is 13.7 Å². The molecule has 21 heavy (non-hydrogen) atoms. The fraction of sp³-hybridized carbons (Fsp3) is 0.312. The van der Waals surface area contributed by atoms with E-state index in [2.05, 4.69) is 0 Å². The number of hydrogen-bond acceptors (Lipinski definition) is 3. The van der Waals surface area contributed by atoms with E-state index in [1.807, 2.05) is 30.5 Å². The zero-order valence-electron chi connectivity index (χ0n) is 12.1. The molecule has 0 bridgehead atoms. The summed E-state index contributed by atoms with van der Waals surface area (Å²) in [7, 11) is 1.78. The van der Waals surface area contributed by atoms with Gasteiger partial charge in [0.25, 0.3) is 5.91 Å². The summed E-state index contributed by atoms with van der Waals surface area (Å²) in [6.45, 7) is 2.68. The van der Waals surface area contributed by atoms with E-state index in [9.17, 15) is 4.79 Å². The van der Waals surface area contributed by atoms with Crippen LogP contribution in [-0.2, 0) is 17.8 Å². The number of carbonyl (C=O) groups excluding carboxylic acids is 1. The third-order valence-corrected chi connectivity index (χ3v) is 4.39. The van der Waals surface area contributed by atoms with Gasteiger partial charge in [-0.2, -0.15) is 0 Å². The minimum atomic E-state index is -0.0450. The van der Waals surface area contributed by atoms with E-state index in [1.54, 1.807) is 35.4 Å². The number of nitrogens with zero attached hydrogens (tertiary/aromatic N) is 1. The van der Waals surface area contributed by atoms with E-state index in [-0.39, 0.29) is 12.5 Å². The summed E-state index contributed by atoms with van der Waals surface area (Å²) in [5.41, 5.74) is 1.02. The standard InChI is InChI=1S/C16H18ClNO2S/c1-3-12-9-13(6-7-15(12)17)20-11-16(19)18(2)10-14-5-4-8-21-14/h4-9H,3,10-11H2,1-2H3. The number of ether oxygens (including phenoxy) is 1. The molecule has 1 aromatic heterocycles. The molecular formula is C16H18ClNO2S. The highest BCUT2D eigenvalue weighted by atomic mass is 35.5. The molecule has 0 N–H and O–H groups in total. The Morgan fingerprint density at radius 2 is 2.19 bits per heavy atom. The lowest BCUT2D eigenvalue weighted by Gasteiger charge is -2.17. The van der Waals surface area contributed by atoms with Crippen molar-refractivity contribution < 1.29 is 9.53 Å². The smallest absolute Gasteiger partial charge is 0.260 e. The molecule has 0 unspecified atom stereocenters. The van der Waals surface area contributed by atoms with Gasteiger partial charge in [-0.25, -0.2) is 0 Å². The summed E-state index contributed by atoms with van der Waals surface area (Å²) in [6.07, 6.45) is 0.836. The maximum absolute atomic E-state index is 12.0. The number of benzene rings is 1. The minimum Gasteiger partial charge on any atom is -0.484 e. The van der Waals surface area contributed by atoms with Crippen molar-refractivity contribution in [2.45, 2.75) is 19.9 Å². The Labute approximate surface area is 134 Å². The fourth-order valence-corrected chi connectivity index (χ4v) is 2.90. The van der Waals surface area contributed by atoms with Crippen molar-refractivity contribution in [2.24, 2.45) is 0 Å². The largest absolute Gasteiger partial charge is 0.484 e. The topological polar surface area (TPSA) is 29.5 Å². The third-order valence-electron chi connectivity index (χ3n) is 3.16. The van der Waals surface area contributed by atoms with E-state index in [4.69, 9.17) is 16.3 Å². The van der Waals surface area contributed by atoms with Crippen LogP contribution in [-0.4, -0.2) is 24.5 Å². The first kappa shape index (κ1) is 15.9. The van der Waals surface area contributed by atoms with Crippen molar-refractivity contribution in [3.8, 4) is 5.75 Å². The maximum atomic E-state index is 12.0. The molecular weight excluding hydrogens is 306 g/mol. The molecule has 0 radical (unpaired) electrons. The first-order valence-corrected chi connectivity index (χ1v) is 8.03. The Morgan fingerprint density at radius 3 is 2.86 bits per heavy atom. The van der Waals surface area contributed by atoms with E-state index in [1.165, 1.54) is 0 Å². The van der Waals surface area contributed by atoms with Gasteiger partial charge in [0.05, 0.1) is 6.54 Å². The molecule has 1 amide bonds. The van der Waals surface area contributed by atoms with Crippen LogP contribution in [0.4, 0.5) is 0 Å². The van der Waals surface area contributed by atoms with Gasteiger partial charge >= 0.3 is 0 Å². The van der Waals surface area contributed by atoms with Crippen LogP contribution in [0.1, 0.15) is 17.4 Å². The lowest BCUT2D eigenvalue weighted by Crippen LogP contribution is -2.30. The van der Waals surface area contributed by atoms with E-state index in [0.717, 1.165) is 21.9 Å². The zero-order valence-corrected chi connectivity index (χ0v) is 13.7. The Hall–Kier alpha value is -1.52. The monoisotopic (exact) mass is 323 g/mol. The van der Waals surface area contributed by atoms with Crippen LogP contribution in [0.15, 0.2) is 35.7 Å². The third kappa shape index (κ3) is 4.48. The molecule has 3 nitrogen and oxygen atoms in total. The van der Waals surface area contributed by atoms with Gasteiger partial charge in [-0.05, 0) is 41.6 Å². The average Bonchev–Trinajstić information content (AvgIpc) is 2.98. The van der Waals surface area contributed by atoms with Gasteiger partial charge in [-0.1, -0.05) is 24.6 Å². The molecule has 112 valence electrons. The molecule has 2 rings (SSSR count). The van der Waals surface area contributed by atoms with Crippen molar-refractivity contribution in [1.82, 2.24) is 4.90 Å². The SMILES string of the molecule is CCc1cc(OCC(=O)N(C)Cc2cccs2)ccc1Cl. The van der Waals surface area contributed by atoms with Crippen LogP contribution in [0.2, 0.25) is 5.02 Å². The Morgan fingerprint density at radius 1 is 1.38 bits per heavy atom. The van der Waals surface area contributed by atoms with Gasteiger partial charge in [-0.3, -0.25) is 4.79 Å². The fourth-order valence-electron chi connectivity index (χ4n) is 1.89. The van der Waals surface area contributed by atoms with E-state index in [0.29, 0.717) is 12.3 Å². The van der Waals surface area contributed by atoms with Crippen molar-refractivity contribution in [3.05, 3.63) is 51.2 Å². The Bertz CT molecular complexity index is 598. The number of rotatable bonds is 6. The molecule has 0 aliphatic rings. The highest BCUT2D eigenvalue weighted by Gasteiger charge is 2.11. The molecule has 0 saturated heterocycles. The normalized spacial score (nSPS) is 10.4. The van der Waals surface area contributed by atoms with Gasteiger partial charge in [-0.15, -0.1) is 11.3 Å². The predicted molar refractivity (Wildman–Crippen MR) is 87.1 cm³/mol. The zero-order chi connectivity index (χ0) is 15.2. The second kappa shape index (κ2) is 7.48. The first-order chi connectivity index (χ1) is 10.1. The first-order valence-electron chi connectivity index (χ1n) is 6.77. The second-order valence-electron chi connectivity index (χ2n) is 4.72. The van der Waals surface area contributed by atoms with Gasteiger partial charge in [0.1, 0.15) is 5.75 Å². The van der Waals surface area contributed by atoms with E-state index >= 15 is 0 Å². The molecule has 1 heterocycles. The molecule has 1 aromatic carbocycles. The minimum absolute atomic E-state index is 0.0344. The summed E-state index contributed by atoms with van der Waals surface area (Å²) in [4.78, 5) is 14.9. The summed E-state index contributed by atoms with van der Waals surface area (Å²) in [5.74, 6) is 0.630. The van der Waals surface area contributed by atoms with Crippen molar-refractivity contribution >= 4 is 28.8 Å². The highest BCUT2D eigenvalue weighted by molar-refractivity contribution is 7.09. The van der Waals surface area contributed by atoms with Crippen LogP contribution in [0, 0.1) is 0 Å². The number of halogens is 1. The molecule has 0 fully saturated rings. The van der Waals surface area contributed by atoms with Crippen LogP contribution in [0.25, 0.3) is 0 Å². The number of likely N-dealkylation sites (N-methyl/N-ethyl adjacent to an activating group) is 1. The molecule has 0 saturated carbocycles. The summed E-state index contributed by atoms with van der Waals surface area (Å²) in [5, 5.41) is 2.73. The molecule has 5 heteroatoms. The van der Waals surface area contributed by atoms with Gasteiger partial charge < -0.3 is 9.64 Å². The van der Waals surface area contributed by atoms with Crippen LogP contribution in [0.5, 0.6) is 5.75 Å². The Kier molecular flexibility index (Phi) is 5.65. The average molecular weight is 324 g/mol. The van der Waals surface area contributed by atoms with Crippen LogP contribution < -0.4 is 4.74 Å². The van der Waals surface area contributed by atoms with Gasteiger partial charge in [0.15, 0.2) is 6.61 Å². The molecule has 0 spiro atoms. The number of amides is 1. The van der Waals surface area contributed by atoms with Crippen LogP contribution in [0.3, 0.4) is 0 Å². The summed E-state index contributed by atoms with van der Waals surface area (Å²) < 4.78 is 5.56. The van der Waals surface area contributed by atoms with Gasteiger partial charge in [0.2, 0.25) is 0 Å². The molecule has 2 aromatic rings. The van der Waals surface area contributed by atoms with E-state index < -0.39 is 0 Å². The summed E-state index contributed by atoms with van der Waals surface area (Å²) >= 11 is 7.70. The summed E-state index contributed by atoms with van der Waals surface area (Å²) in [6, 6.07) is 9.47. The molecule has 0 aliphatic heterocycles. The number of aryl methyl sites for hydroxylation is 1. The lowest BCUT2D eigenvalue weighted by atomic mass is 10.1. The lowest BCUT2D eigenvalue weighted by molar-refractivity contribution is -0.132. The number of hydrogen-bond donors (Lipinski definition) is 0. The predicted octanol–water partition coefficient (Wildman–Crippen LogP) is 4.00. The number of thiophene rings is 1. The maximum Gasteiger partial charge on any atom is 0.260 e. The van der Waals surface area contributed by atoms with Crippen LogP contribution >= 0.6 is 22.9 Å². The highest BCUT2D eigenvalue weighted by Crippen LogP contribution is 2.22. The van der Waals surface area contributed by atoms with Gasteiger partial charge in [0, 0.05) is 16.9 Å². The van der Waals surface area contributed by atoms with Crippen molar-refractivity contribution in [3.63, 3.8) is 0 Å². The second-order valence-corrected chi connectivity index (χ2v) is 6.16. The number of carbonyl (C=O) groups is 1. The van der Waals surface area contributed by atoms with Crippen molar-refractivity contribution in [1.29, 1.82) is 0 Å². The molecule has 0 atom stereocenters. The Balaban J connectivity index is 1.88. The quantitative estimate of drug-likeness (QED) is 0.804. The molecule has 0 aliphatic carbocycles.